The van der Waals surface area contributed by atoms with Crippen molar-refractivity contribution in [2.24, 2.45) is 0 Å². The number of amides is 1. The molecule has 2 rings (SSSR count). The van der Waals surface area contributed by atoms with Gasteiger partial charge < -0.3 is 14.8 Å². The van der Waals surface area contributed by atoms with E-state index in [-0.39, 0.29) is 6.42 Å². The molecule has 0 saturated carbocycles. The number of benzene rings is 2. The second kappa shape index (κ2) is 9.08. The molecule has 0 bridgehead atoms. The molecule has 6 heteroatoms. The maximum Gasteiger partial charge on any atom is 0.306 e. The van der Waals surface area contributed by atoms with E-state index in [1.54, 1.807) is 18.2 Å². The Labute approximate surface area is 151 Å². The van der Waals surface area contributed by atoms with Gasteiger partial charge in [0.15, 0.2) is 6.10 Å². The van der Waals surface area contributed by atoms with E-state index >= 15 is 0 Å². The monoisotopic (exact) mass is 361 g/mol. The molecule has 1 amide bonds. The maximum absolute atomic E-state index is 12.1. The summed E-state index contributed by atoms with van der Waals surface area (Å²) in [6.07, 6.45) is -0.109. The summed E-state index contributed by atoms with van der Waals surface area (Å²) in [4.78, 5) is 24.0. The molecule has 132 valence electrons. The Morgan fingerprint density at radius 2 is 1.88 bits per heavy atom. The largest absolute Gasteiger partial charge is 0.495 e. The molecule has 25 heavy (non-hydrogen) atoms. The molecule has 0 saturated heterocycles. The summed E-state index contributed by atoms with van der Waals surface area (Å²) in [5.41, 5.74) is 1.55. The van der Waals surface area contributed by atoms with Gasteiger partial charge in [0.05, 0.1) is 12.1 Å². The normalized spacial score (nSPS) is 11.5. The van der Waals surface area contributed by atoms with Crippen LogP contribution >= 0.6 is 11.6 Å². The van der Waals surface area contributed by atoms with Gasteiger partial charge in [0.1, 0.15) is 5.75 Å². The van der Waals surface area contributed by atoms with Crippen LogP contribution in [0, 0.1) is 0 Å². The minimum atomic E-state index is -0.899. The third-order valence-corrected chi connectivity index (χ3v) is 3.85. The summed E-state index contributed by atoms with van der Waals surface area (Å²) < 4.78 is 10.2. The molecule has 2 aromatic carbocycles. The molecular weight excluding hydrogens is 342 g/mol. The first-order chi connectivity index (χ1) is 12.0. The molecule has 0 aliphatic heterocycles. The quantitative estimate of drug-likeness (QED) is 0.761. The highest BCUT2D eigenvalue weighted by Crippen LogP contribution is 2.27. The Morgan fingerprint density at radius 3 is 2.52 bits per heavy atom. The Bertz CT molecular complexity index is 733. The van der Waals surface area contributed by atoms with Gasteiger partial charge in [-0.15, -0.1) is 0 Å². The fourth-order valence-electron chi connectivity index (χ4n) is 2.19. The summed E-state index contributed by atoms with van der Waals surface area (Å²) in [5, 5.41) is 3.04. The predicted molar refractivity (Wildman–Crippen MR) is 97.0 cm³/mol. The van der Waals surface area contributed by atoms with E-state index in [1.807, 2.05) is 30.3 Å². The molecule has 0 aromatic heterocycles. The fourth-order valence-corrected chi connectivity index (χ4v) is 2.45. The first kappa shape index (κ1) is 18.8. The topological polar surface area (TPSA) is 64.6 Å². The molecule has 0 aliphatic carbocycles. The second-order valence-electron chi connectivity index (χ2n) is 5.46. The van der Waals surface area contributed by atoms with Crippen molar-refractivity contribution in [3.8, 4) is 5.75 Å². The molecule has 2 aromatic rings. The number of esters is 1. The standard InChI is InChI=1S/C19H20ClNO4/c1-13(25-18(22)11-8-14-6-4-3-5-7-14)19(23)21-15-9-10-17(24-2)16(20)12-15/h3-7,9-10,12-13H,8,11H2,1-2H3,(H,21,23)/t13-/m0/s1. The van der Waals surface area contributed by atoms with Crippen molar-refractivity contribution in [3.63, 3.8) is 0 Å². The molecule has 1 N–H and O–H groups in total. The highest BCUT2D eigenvalue weighted by Gasteiger charge is 2.18. The van der Waals surface area contributed by atoms with Crippen molar-refractivity contribution < 1.29 is 19.1 Å². The summed E-state index contributed by atoms with van der Waals surface area (Å²) in [5.74, 6) is -0.325. The van der Waals surface area contributed by atoms with Gasteiger partial charge in [-0.05, 0) is 37.1 Å². The molecule has 5 nitrogen and oxygen atoms in total. The smallest absolute Gasteiger partial charge is 0.306 e. The van der Waals surface area contributed by atoms with E-state index in [1.165, 1.54) is 14.0 Å². The molecule has 0 radical (unpaired) electrons. The summed E-state index contributed by atoms with van der Waals surface area (Å²) in [6.45, 7) is 1.53. The molecule has 0 fully saturated rings. The highest BCUT2D eigenvalue weighted by molar-refractivity contribution is 6.32. The average Bonchev–Trinajstić information content (AvgIpc) is 2.61. The van der Waals surface area contributed by atoms with E-state index in [0.29, 0.717) is 22.9 Å². The van der Waals surface area contributed by atoms with Crippen LogP contribution in [0.3, 0.4) is 0 Å². The lowest BCUT2D eigenvalue weighted by Gasteiger charge is -2.14. The van der Waals surface area contributed by atoms with Gasteiger partial charge in [0.25, 0.3) is 5.91 Å². The van der Waals surface area contributed by atoms with Crippen molar-refractivity contribution >= 4 is 29.2 Å². The third-order valence-electron chi connectivity index (χ3n) is 3.56. The first-order valence-electron chi connectivity index (χ1n) is 7.87. The van der Waals surface area contributed by atoms with Crippen LogP contribution in [0.2, 0.25) is 5.02 Å². The number of anilines is 1. The van der Waals surface area contributed by atoms with Crippen LogP contribution < -0.4 is 10.1 Å². The van der Waals surface area contributed by atoms with Gasteiger partial charge in [-0.2, -0.15) is 0 Å². The Balaban J connectivity index is 1.83. The summed E-state index contributed by atoms with van der Waals surface area (Å²) in [7, 11) is 1.51. The average molecular weight is 362 g/mol. The van der Waals surface area contributed by atoms with Crippen LogP contribution in [0.5, 0.6) is 5.75 Å². The number of methoxy groups -OCH3 is 1. The van der Waals surface area contributed by atoms with Crippen molar-refractivity contribution in [1.29, 1.82) is 0 Å². The number of carbonyl (C=O) groups is 2. The van der Waals surface area contributed by atoms with Crippen LogP contribution in [0.4, 0.5) is 5.69 Å². The highest BCUT2D eigenvalue weighted by atomic mass is 35.5. The van der Waals surface area contributed by atoms with E-state index in [0.717, 1.165) is 5.56 Å². The molecule has 1 atom stereocenters. The molecular formula is C19H20ClNO4. The van der Waals surface area contributed by atoms with Gasteiger partial charge in [-0.1, -0.05) is 41.9 Å². The number of hydrogen-bond acceptors (Lipinski definition) is 4. The Hall–Kier alpha value is -2.53. The summed E-state index contributed by atoms with van der Waals surface area (Å²) >= 11 is 6.01. The number of aryl methyl sites for hydroxylation is 1. The van der Waals surface area contributed by atoms with Crippen LogP contribution in [-0.2, 0) is 20.7 Å². The lowest BCUT2D eigenvalue weighted by molar-refractivity contribution is -0.153. The minimum Gasteiger partial charge on any atom is -0.495 e. The van der Waals surface area contributed by atoms with E-state index in [4.69, 9.17) is 21.1 Å². The lowest BCUT2D eigenvalue weighted by Crippen LogP contribution is -2.30. The van der Waals surface area contributed by atoms with Gasteiger partial charge in [-0.3, -0.25) is 9.59 Å². The summed E-state index contributed by atoms with van der Waals surface area (Å²) in [6, 6.07) is 14.5. The number of halogens is 1. The third kappa shape index (κ3) is 5.80. The van der Waals surface area contributed by atoms with Crippen LogP contribution in [0.1, 0.15) is 18.9 Å². The first-order valence-corrected chi connectivity index (χ1v) is 8.25. The van der Waals surface area contributed by atoms with Crippen LogP contribution in [0.25, 0.3) is 0 Å². The van der Waals surface area contributed by atoms with E-state index in [9.17, 15) is 9.59 Å². The number of hydrogen-bond donors (Lipinski definition) is 1. The number of nitrogens with one attached hydrogen (secondary N) is 1. The molecule has 0 spiro atoms. The Kier molecular flexibility index (Phi) is 6.83. The molecule has 0 unspecified atom stereocenters. The maximum atomic E-state index is 12.1. The van der Waals surface area contributed by atoms with Crippen molar-refractivity contribution in [2.75, 3.05) is 12.4 Å². The Morgan fingerprint density at radius 1 is 1.16 bits per heavy atom. The van der Waals surface area contributed by atoms with Crippen LogP contribution in [0.15, 0.2) is 48.5 Å². The zero-order chi connectivity index (χ0) is 18.2. The van der Waals surface area contributed by atoms with E-state index in [2.05, 4.69) is 5.32 Å². The fraction of sp³-hybridized carbons (Fsp3) is 0.263. The van der Waals surface area contributed by atoms with Crippen molar-refractivity contribution in [2.45, 2.75) is 25.9 Å². The van der Waals surface area contributed by atoms with Crippen molar-refractivity contribution in [3.05, 3.63) is 59.1 Å². The number of carbonyl (C=O) groups excluding carboxylic acids is 2. The molecule has 0 aliphatic rings. The second-order valence-corrected chi connectivity index (χ2v) is 5.86. The van der Waals surface area contributed by atoms with Gasteiger partial charge in [0.2, 0.25) is 0 Å². The van der Waals surface area contributed by atoms with Gasteiger partial charge in [-0.25, -0.2) is 0 Å². The minimum absolute atomic E-state index is 0.218. The SMILES string of the molecule is COc1ccc(NC(=O)[C@H](C)OC(=O)CCc2ccccc2)cc1Cl. The van der Waals surface area contributed by atoms with E-state index < -0.39 is 18.0 Å². The number of rotatable bonds is 7. The van der Waals surface area contributed by atoms with Crippen LogP contribution in [-0.4, -0.2) is 25.1 Å². The lowest BCUT2D eigenvalue weighted by atomic mass is 10.1. The molecule has 0 heterocycles. The van der Waals surface area contributed by atoms with Gasteiger partial charge in [0, 0.05) is 12.1 Å². The zero-order valence-corrected chi connectivity index (χ0v) is 14.9. The predicted octanol–water partition coefficient (Wildman–Crippen LogP) is 3.85. The zero-order valence-electron chi connectivity index (χ0n) is 14.1. The van der Waals surface area contributed by atoms with Crippen molar-refractivity contribution in [1.82, 2.24) is 0 Å². The number of ether oxygens (including phenoxy) is 2. The van der Waals surface area contributed by atoms with Gasteiger partial charge >= 0.3 is 5.97 Å².